The molecule has 0 saturated heterocycles. The summed E-state index contributed by atoms with van der Waals surface area (Å²) in [6, 6.07) is 0. The van der Waals surface area contributed by atoms with Gasteiger partial charge in [-0.2, -0.15) is 11.8 Å². The van der Waals surface area contributed by atoms with Gasteiger partial charge in [0.05, 0.1) is 5.69 Å². The lowest BCUT2D eigenvalue weighted by molar-refractivity contribution is 0.0688. The fraction of sp³-hybridized carbons (Fsp3) is 0.545. The largest absolute Gasteiger partial charge is 0.477 e. The molecular weight excluding hydrogens is 224 g/mol. The molecule has 1 aromatic heterocycles. The van der Waals surface area contributed by atoms with Crippen LogP contribution in [0.3, 0.4) is 0 Å². The first-order valence-electron chi connectivity index (χ1n) is 5.46. The third-order valence-electron chi connectivity index (χ3n) is 2.99. The second-order valence-electron chi connectivity index (χ2n) is 4.24. The second-order valence-corrected chi connectivity index (χ2v) is 5.34. The van der Waals surface area contributed by atoms with Crippen LogP contribution >= 0.6 is 11.8 Å². The van der Waals surface area contributed by atoms with Crippen LogP contribution in [0.15, 0.2) is 0 Å². The van der Waals surface area contributed by atoms with Gasteiger partial charge >= 0.3 is 5.97 Å². The first kappa shape index (κ1) is 10.1. The summed E-state index contributed by atoms with van der Waals surface area (Å²) in [6.07, 6.45) is 2.99. The Morgan fingerprint density at radius 2 is 2.19 bits per heavy atom. The number of nitrogens with zero attached hydrogens (tertiary/aromatic N) is 2. The van der Waals surface area contributed by atoms with E-state index in [-0.39, 0.29) is 5.69 Å². The quantitative estimate of drug-likeness (QED) is 0.849. The summed E-state index contributed by atoms with van der Waals surface area (Å²) in [5.74, 6) is 2.05. The summed E-state index contributed by atoms with van der Waals surface area (Å²) in [5.41, 5.74) is 2.05. The summed E-state index contributed by atoms with van der Waals surface area (Å²) >= 11 is 1.82. The van der Waals surface area contributed by atoms with E-state index < -0.39 is 5.97 Å². The molecule has 16 heavy (non-hydrogen) atoms. The molecule has 1 aliphatic carbocycles. The first-order chi connectivity index (χ1) is 7.75. The van der Waals surface area contributed by atoms with Crippen molar-refractivity contribution in [2.24, 2.45) is 0 Å². The number of carboxylic acids is 1. The molecule has 1 aromatic rings. The van der Waals surface area contributed by atoms with Crippen LogP contribution in [0, 0.1) is 0 Å². The number of thioether (sulfide) groups is 1. The first-order valence-corrected chi connectivity index (χ1v) is 6.62. The van der Waals surface area contributed by atoms with Crippen molar-refractivity contribution in [3.8, 4) is 0 Å². The highest BCUT2D eigenvalue weighted by Crippen LogP contribution is 2.39. The molecule has 1 N–H and O–H groups in total. The average molecular weight is 236 g/mol. The minimum absolute atomic E-state index is 0.243. The molecule has 1 saturated carbocycles. The zero-order valence-corrected chi connectivity index (χ0v) is 9.59. The normalized spacial score (nSPS) is 19.2. The van der Waals surface area contributed by atoms with Gasteiger partial charge in [-0.15, -0.1) is 0 Å². The van der Waals surface area contributed by atoms with Crippen molar-refractivity contribution in [3.63, 3.8) is 0 Å². The molecule has 0 radical (unpaired) electrons. The Balaban J connectivity index is 2.12. The van der Waals surface area contributed by atoms with Crippen molar-refractivity contribution in [2.45, 2.75) is 30.9 Å². The van der Waals surface area contributed by atoms with Gasteiger partial charge in [-0.3, -0.25) is 0 Å². The molecule has 0 spiro atoms. The van der Waals surface area contributed by atoms with Gasteiger partial charge in [0.25, 0.3) is 0 Å². The van der Waals surface area contributed by atoms with Crippen LogP contribution in [-0.2, 0) is 12.2 Å². The summed E-state index contributed by atoms with van der Waals surface area (Å²) in [6.45, 7) is 0. The highest BCUT2D eigenvalue weighted by molar-refractivity contribution is 7.98. The lowest BCUT2D eigenvalue weighted by Gasteiger charge is -2.17. The average Bonchev–Trinajstić information content (AvgIpc) is 3.11. The number of aromatic carboxylic acids is 1. The molecular formula is C11H12N2O2S. The Bertz CT molecular complexity index is 458. The van der Waals surface area contributed by atoms with Gasteiger partial charge in [0.2, 0.25) is 0 Å². The highest BCUT2D eigenvalue weighted by atomic mass is 32.2. The van der Waals surface area contributed by atoms with Gasteiger partial charge in [0, 0.05) is 17.2 Å². The zero-order valence-electron chi connectivity index (χ0n) is 8.77. The van der Waals surface area contributed by atoms with Crippen LogP contribution in [0.1, 0.15) is 46.3 Å². The molecule has 0 amide bonds. The molecule has 0 aromatic carbocycles. The third kappa shape index (κ3) is 1.69. The standard InChI is InChI=1S/C11H12N2O2S/c14-11(15)9-7-3-4-16-5-8(7)12-10(13-9)6-1-2-6/h6H,1-5H2,(H,14,15). The van der Waals surface area contributed by atoms with E-state index >= 15 is 0 Å². The Labute approximate surface area is 97.5 Å². The van der Waals surface area contributed by atoms with Crippen LogP contribution < -0.4 is 0 Å². The van der Waals surface area contributed by atoms with Gasteiger partial charge in [0.15, 0.2) is 5.69 Å². The van der Waals surface area contributed by atoms with Gasteiger partial charge in [-0.1, -0.05) is 0 Å². The van der Waals surface area contributed by atoms with Crippen LogP contribution in [0.4, 0.5) is 0 Å². The fourth-order valence-corrected chi connectivity index (χ4v) is 2.90. The molecule has 0 unspecified atom stereocenters. The summed E-state index contributed by atoms with van der Waals surface area (Å²) in [7, 11) is 0. The number of hydrogen-bond acceptors (Lipinski definition) is 4. The van der Waals surface area contributed by atoms with Crippen molar-refractivity contribution in [2.75, 3.05) is 5.75 Å². The van der Waals surface area contributed by atoms with E-state index in [2.05, 4.69) is 9.97 Å². The molecule has 5 heteroatoms. The smallest absolute Gasteiger partial charge is 0.354 e. The summed E-state index contributed by atoms with van der Waals surface area (Å²) < 4.78 is 0. The Morgan fingerprint density at radius 1 is 1.38 bits per heavy atom. The maximum Gasteiger partial charge on any atom is 0.354 e. The van der Waals surface area contributed by atoms with Gasteiger partial charge < -0.3 is 5.11 Å². The number of rotatable bonds is 2. The monoisotopic (exact) mass is 236 g/mol. The number of hydrogen-bond donors (Lipinski definition) is 1. The highest BCUT2D eigenvalue weighted by Gasteiger charge is 2.30. The number of aromatic nitrogens is 2. The van der Waals surface area contributed by atoms with Gasteiger partial charge in [0.1, 0.15) is 5.82 Å². The topological polar surface area (TPSA) is 63.1 Å². The third-order valence-corrected chi connectivity index (χ3v) is 3.96. The van der Waals surface area contributed by atoms with Crippen LogP contribution in [0.5, 0.6) is 0 Å². The summed E-state index contributed by atoms with van der Waals surface area (Å²) in [4.78, 5) is 19.9. The molecule has 0 bridgehead atoms. The van der Waals surface area contributed by atoms with Crippen molar-refractivity contribution in [3.05, 3.63) is 22.8 Å². The number of carbonyl (C=O) groups is 1. The lowest BCUT2D eigenvalue weighted by Crippen LogP contribution is -2.16. The second kappa shape index (κ2) is 3.73. The van der Waals surface area contributed by atoms with E-state index in [1.165, 1.54) is 0 Å². The Kier molecular flexibility index (Phi) is 2.35. The molecule has 4 nitrogen and oxygen atoms in total. The van der Waals surface area contributed by atoms with Crippen LogP contribution in [0.2, 0.25) is 0 Å². The maximum atomic E-state index is 11.2. The van der Waals surface area contributed by atoms with E-state index in [9.17, 15) is 9.90 Å². The molecule has 0 atom stereocenters. The zero-order chi connectivity index (χ0) is 11.1. The number of fused-ring (bicyclic) bond motifs is 1. The Hall–Kier alpha value is -1.10. The lowest BCUT2D eigenvalue weighted by atomic mass is 10.1. The summed E-state index contributed by atoms with van der Waals surface area (Å²) in [5, 5.41) is 9.17. The minimum atomic E-state index is -0.910. The van der Waals surface area contributed by atoms with E-state index in [4.69, 9.17) is 0 Å². The molecule has 3 rings (SSSR count). The minimum Gasteiger partial charge on any atom is -0.477 e. The van der Waals surface area contributed by atoms with E-state index in [1.54, 1.807) is 0 Å². The molecule has 84 valence electrons. The molecule has 2 heterocycles. The maximum absolute atomic E-state index is 11.2. The van der Waals surface area contributed by atoms with E-state index in [1.807, 2.05) is 11.8 Å². The van der Waals surface area contributed by atoms with Crippen LogP contribution in [0.25, 0.3) is 0 Å². The molecule has 1 fully saturated rings. The van der Waals surface area contributed by atoms with Crippen LogP contribution in [-0.4, -0.2) is 26.8 Å². The van der Waals surface area contributed by atoms with Gasteiger partial charge in [-0.05, 0) is 25.0 Å². The Morgan fingerprint density at radius 3 is 2.88 bits per heavy atom. The van der Waals surface area contributed by atoms with Crippen molar-refractivity contribution < 1.29 is 9.90 Å². The van der Waals surface area contributed by atoms with Crippen molar-refractivity contribution in [1.82, 2.24) is 9.97 Å². The van der Waals surface area contributed by atoms with E-state index in [0.717, 1.165) is 47.8 Å². The fourth-order valence-electron chi connectivity index (χ4n) is 1.98. The molecule has 1 aliphatic heterocycles. The van der Waals surface area contributed by atoms with Gasteiger partial charge in [-0.25, -0.2) is 14.8 Å². The predicted octanol–water partition coefficient (Wildman–Crippen LogP) is 1.84. The van der Waals surface area contributed by atoms with Crippen molar-refractivity contribution >= 4 is 17.7 Å². The predicted molar refractivity (Wildman–Crippen MR) is 60.8 cm³/mol. The van der Waals surface area contributed by atoms with E-state index in [0.29, 0.717) is 5.92 Å². The molecule has 2 aliphatic rings. The van der Waals surface area contributed by atoms with Crippen molar-refractivity contribution in [1.29, 1.82) is 0 Å². The number of carboxylic acid groups (broad SMARTS) is 1. The SMILES string of the molecule is O=C(O)c1nc(C2CC2)nc2c1CCSC2.